The zero-order valence-corrected chi connectivity index (χ0v) is 12.0. The zero-order chi connectivity index (χ0) is 14.4. The fraction of sp³-hybridized carbons (Fsp3) is 0.500. The Labute approximate surface area is 114 Å². The highest BCUT2D eigenvalue weighted by molar-refractivity contribution is 5.94. The fourth-order valence-corrected chi connectivity index (χ4v) is 1.74. The maximum atomic E-state index is 12.1. The number of likely N-dealkylation sites (N-methyl/N-ethyl adjacent to an activating group) is 1. The van der Waals surface area contributed by atoms with Gasteiger partial charge in [0.05, 0.1) is 12.6 Å². The summed E-state index contributed by atoms with van der Waals surface area (Å²) in [6.07, 6.45) is 0. The number of anilines is 2. The molecule has 5 heteroatoms. The van der Waals surface area contributed by atoms with Crippen molar-refractivity contribution in [3.63, 3.8) is 0 Å². The number of hydrogen-bond donors (Lipinski definition) is 2. The van der Waals surface area contributed by atoms with Crippen molar-refractivity contribution in [3.8, 4) is 0 Å². The molecule has 0 bridgehead atoms. The van der Waals surface area contributed by atoms with Gasteiger partial charge in [-0.1, -0.05) is 0 Å². The van der Waals surface area contributed by atoms with Crippen LogP contribution in [0.2, 0.25) is 0 Å². The largest absolute Gasteiger partial charge is 0.399 e. The second kappa shape index (κ2) is 7.11. The molecule has 5 nitrogen and oxygen atoms in total. The lowest BCUT2D eigenvalue weighted by Crippen LogP contribution is -2.45. The summed E-state index contributed by atoms with van der Waals surface area (Å²) < 4.78 is 5.10. The maximum Gasteiger partial charge on any atom is 0.241 e. The molecule has 1 aromatic rings. The van der Waals surface area contributed by atoms with Gasteiger partial charge >= 0.3 is 0 Å². The number of benzene rings is 1. The first-order valence-corrected chi connectivity index (χ1v) is 6.33. The molecule has 106 valence electrons. The Kier molecular flexibility index (Phi) is 5.79. The molecular formula is C14H23N3O2. The van der Waals surface area contributed by atoms with Crippen molar-refractivity contribution in [1.82, 2.24) is 4.90 Å². The van der Waals surface area contributed by atoms with E-state index in [1.807, 2.05) is 25.8 Å². The number of ether oxygens (including phenoxy) is 1. The molecule has 0 aromatic heterocycles. The second-order valence-corrected chi connectivity index (χ2v) is 4.76. The Bertz CT molecular complexity index is 406. The first kappa shape index (κ1) is 15.5. The van der Waals surface area contributed by atoms with Crippen LogP contribution in [-0.2, 0) is 9.53 Å². The van der Waals surface area contributed by atoms with E-state index in [2.05, 4.69) is 5.32 Å². The van der Waals surface area contributed by atoms with Gasteiger partial charge in [0.1, 0.15) is 0 Å². The summed E-state index contributed by atoms with van der Waals surface area (Å²) in [7, 11) is 3.57. The minimum atomic E-state index is -0.234. The number of nitrogen functional groups attached to an aromatic ring is 1. The van der Waals surface area contributed by atoms with Gasteiger partial charge in [0.2, 0.25) is 5.91 Å². The number of nitrogens with zero attached hydrogens (tertiary/aromatic N) is 1. The Balaban J connectivity index is 2.59. The lowest BCUT2D eigenvalue weighted by Gasteiger charge is -2.29. The smallest absolute Gasteiger partial charge is 0.241 e. The number of rotatable bonds is 6. The third-order valence-corrected chi connectivity index (χ3v) is 3.27. The van der Waals surface area contributed by atoms with Crippen molar-refractivity contribution in [3.05, 3.63) is 24.3 Å². The van der Waals surface area contributed by atoms with Crippen molar-refractivity contribution >= 4 is 17.3 Å². The third kappa shape index (κ3) is 4.54. The molecule has 0 aliphatic carbocycles. The number of hydrogen-bond acceptors (Lipinski definition) is 4. The average molecular weight is 265 g/mol. The van der Waals surface area contributed by atoms with E-state index in [-0.39, 0.29) is 18.0 Å². The van der Waals surface area contributed by atoms with E-state index in [4.69, 9.17) is 10.5 Å². The zero-order valence-electron chi connectivity index (χ0n) is 12.0. The number of carbonyl (C=O) groups is 1. The van der Waals surface area contributed by atoms with E-state index in [0.29, 0.717) is 12.3 Å². The second-order valence-electron chi connectivity index (χ2n) is 4.76. The predicted octanol–water partition coefficient (Wildman–Crippen LogP) is 1.56. The molecule has 2 atom stereocenters. The normalized spacial score (nSPS) is 14.2. The van der Waals surface area contributed by atoms with Crippen LogP contribution in [0.4, 0.5) is 11.4 Å². The van der Waals surface area contributed by atoms with Gasteiger partial charge in [0, 0.05) is 24.5 Å². The van der Waals surface area contributed by atoms with E-state index < -0.39 is 0 Å². The first-order chi connectivity index (χ1) is 8.95. The monoisotopic (exact) mass is 265 g/mol. The quantitative estimate of drug-likeness (QED) is 0.766. The first-order valence-electron chi connectivity index (χ1n) is 6.33. The van der Waals surface area contributed by atoms with E-state index in [1.54, 1.807) is 31.4 Å². The summed E-state index contributed by atoms with van der Waals surface area (Å²) >= 11 is 0. The third-order valence-electron chi connectivity index (χ3n) is 3.27. The Morgan fingerprint density at radius 3 is 2.47 bits per heavy atom. The van der Waals surface area contributed by atoms with Crippen molar-refractivity contribution in [2.75, 3.05) is 31.8 Å². The predicted molar refractivity (Wildman–Crippen MR) is 78.0 cm³/mol. The summed E-state index contributed by atoms with van der Waals surface area (Å²) in [5, 5.41) is 2.87. The van der Waals surface area contributed by atoms with Gasteiger partial charge in [-0.2, -0.15) is 0 Å². The molecule has 0 saturated carbocycles. The summed E-state index contributed by atoms with van der Waals surface area (Å²) in [5.41, 5.74) is 7.03. The van der Waals surface area contributed by atoms with Crippen LogP contribution in [0.5, 0.6) is 0 Å². The molecular weight excluding hydrogens is 242 g/mol. The molecule has 0 saturated heterocycles. The van der Waals surface area contributed by atoms with Gasteiger partial charge in [0.25, 0.3) is 0 Å². The van der Waals surface area contributed by atoms with E-state index in [9.17, 15) is 4.79 Å². The molecule has 2 unspecified atom stereocenters. The summed E-state index contributed by atoms with van der Waals surface area (Å²) in [5.74, 6) is -0.0461. The van der Waals surface area contributed by atoms with E-state index >= 15 is 0 Å². The molecule has 0 fully saturated rings. The molecule has 0 radical (unpaired) electrons. The Morgan fingerprint density at radius 1 is 1.37 bits per heavy atom. The van der Waals surface area contributed by atoms with Crippen LogP contribution in [0, 0.1) is 0 Å². The van der Waals surface area contributed by atoms with Crippen LogP contribution in [-0.4, -0.2) is 43.7 Å². The number of nitrogens with two attached hydrogens (primary N) is 1. The molecule has 1 rings (SSSR count). The van der Waals surface area contributed by atoms with Crippen molar-refractivity contribution in [1.29, 1.82) is 0 Å². The SMILES string of the molecule is COCC(C)N(C)C(C)C(=O)Nc1ccc(N)cc1. The highest BCUT2D eigenvalue weighted by atomic mass is 16.5. The van der Waals surface area contributed by atoms with Gasteiger partial charge in [-0.25, -0.2) is 0 Å². The van der Waals surface area contributed by atoms with Crippen LogP contribution in [0.1, 0.15) is 13.8 Å². The van der Waals surface area contributed by atoms with Crippen molar-refractivity contribution in [2.24, 2.45) is 0 Å². The number of amides is 1. The molecule has 0 aliphatic rings. The number of methoxy groups -OCH3 is 1. The molecule has 0 aliphatic heterocycles. The van der Waals surface area contributed by atoms with Gasteiger partial charge in [0.15, 0.2) is 0 Å². The van der Waals surface area contributed by atoms with E-state index in [0.717, 1.165) is 5.69 Å². The maximum absolute atomic E-state index is 12.1. The number of nitrogens with one attached hydrogen (secondary N) is 1. The lowest BCUT2D eigenvalue weighted by molar-refractivity contribution is -0.121. The molecule has 0 heterocycles. The van der Waals surface area contributed by atoms with Crippen LogP contribution >= 0.6 is 0 Å². The van der Waals surface area contributed by atoms with Crippen LogP contribution < -0.4 is 11.1 Å². The van der Waals surface area contributed by atoms with Gasteiger partial charge < -0.3 is 15.8 Å². The Hall–Kier alpha value is -1.59. The highest BCUT2D eigenvalue weighted by Gasteiger charge is 2.22. The fourth-order valence-electron chi connectivity index (χ4n) is 1.74. The minimum absolute atomic E-state index is 0.0461. The summed E-state index contributed by atoms with van der Waals surface area (Å²) in [6, 6.07) is 7.05. The van der Waals surface area contributed by atoms with Gasteiger partial charge in [-0.05, 0) is 45.2 Å². The van der Waals surface area contributed by atoms with Crippen LogP contribution in [0.3, 0.4) is 0 Å². The van der Waals surface area contributed by atoms with E-state index in [1.165, 1.54) is 0 Å². The number of carbonyl (C=O) groups excluding carboxylic acids is 1. The van der Waals surface area contributed by atoms with Gasteiger partial charge in [-0.3, -0.25) is 9.69 Å². The van der Waals surface area contributed by atoms with Crippen LogP contribution in [0.25, 0.3) is 0 Å². The lowest BCUT2D eigenvalue weighted by atomic mass is 10.2. The Morgan fingerprint density at radius 2 is 1.95 bits per heavy atom. The topological polar surface area (TPSA) is 67.6 Å². The van der Waals surface area contributed by atoms with Gasteiger partial charge in [-0.15, -0.1) is 0 Å². The summed E-state index contributed by atoms with van der Waals surface area (Å²) in [4.78, 5) is 14.1. The average Bonchev–Trinajstić information content (AvgIpc) is 2.39. The molecule has 19 heavy (non-hydrogen) atoms. The highest BCUT2D eigenvalue weighted by Crippen LogP contribution is 2.12. The molecule has 1 amide bonds. The van der Waals surface area contributed by atoms with Crippen molar-refractivity contribution in [2.45, 2.75) is 25.9 Å². The standard InChI is InChI=1S/C14H23N3O2/c1-10(9-19-4)17(3)11(2)14(18)16-13-7-5-12(15)6-8-13/h5-8,10-11H,9,15H2,1-4H3,(H,16,18). The van der Waals surface area contributed by atoms with Crippen LogP contribution in [0.15, 0.2) is 24.3 Å². The molecule has 3 N–H and O–H groups in total. The molecule has 0 spiro atoms. The summed E-state index contributed by atoms with van der Waals surface area (Å²) in [6.45, 7) is 4.49. The van der Waals surface area contributed by atoms with Crippen molar-refractivity contribution < 1.29 is 9.53 Å². The molecule has 1 aromatic carbocycles. The minimum Gasteiger partial charge on any atom is -0.399 e.